The van der Waals surface area contributed by atoms with Crippen LogP contribution in [0.2, 0.25) is 0 Å². The third-order valence-electron chi connectivity index (χ3n) is 3.95. The highest BCUT2D eigenvalue weighted by Crippen LogP contribution is 2.20. The van der Waals surface area contributed by atoms with Crippen LogP contribution in [0.25, 0.3) is 0 Å². The Morgan fingerprint density at radius 3 is 2.91 bits per heavy atom. The number of nitrogens with one attached hydrogen (secondary N) is 1. The topological polar surface area (TPSA) is 59.8 Å². The van der Waals surface area contributed by atoms with Gasteiger partial charge in [-0.3, -0.25) is 4.79 Å². The van der Waals surface area contributed by atoms with E-state index in [1.165, 1.54) is 6.33 Å². The molecule has 0 saturated carbocycles. The minimum atomic E-state index is 0.118. The Bertz CT molecular complexity index is 648. The third kappa shape index (κ3) is 3.81. The highest BCUT2D eigenvalue weighted by molar-refractivity contribution is 5.76. The number of amides is 1. The van der Waals surface area contributed by atoms with Gasteiger partial charge < -0.3 is 5.32 Å². The first kappa shape index (κ1) is 14.5. The molecule has 5 heteroatoms. The minimum absolute atomic E-state index is 0.118. The predicted molar refractivity (Wildman–Crippen MR) is 83.9 cm³/mol. The van der Waals surface area contributed by atoms with Crippen molar-refractivity contribution in [2.24, 2.45) is 5.92 Å². The van der Waals surface area contributed by atoms with Crippen molar-refractivity contribution in [3.8, 4) is 0 Å². The van der Waals surface area contributed by atoms with Crippen LogP contribution in [0.4, 0.5) is 0 Å². The molecule has 3 rings (SSSR count). The largest absolute Gasteiger partial charge is 0.352 e. The Morgan fingerprint density at radius 1 is 1.32 bits per heavy atom. The van der Waals surface area contributed by atoms with E-state index in [2.05, 4.69) is 33.6 Å². The van der Waals surface area contributed by atoms with Gasteiger partial charge in [0.05, 0.1) is 6.54 Å². The Kier molecular flexibility index (Phi) is 4.63. The fourth-order valence-corrected chi connectivity index (χ4v) is 2.74. The number of carbonyl (C=O) groups excluding carboxylic acids is 1. The first-order valence-corrected chi connectivity index (χ1v) is 7.64. The second-order valence-electron chi connectivity index (χ2n) is 5.61. The number of aromatic nitrogens is 3. The molecule has 1 aliphatic rings. The molecule has 1 N–H and O–H groups in total. The summed E-state index contributed by atoms with van der Waals surface area (Å²) in [5.74, 6) is 0.525. The number of hydrogen-bond acceptors (Lipinski definition) is 3. The van der Waals surface area contributed by atoms with Gasteiger partial charge in [0.15, 0.2) is 0 Å². The van der Waals surface area contributed by atoms with Crippen LogP contribution in [-0.2, 0) is 17.9 Å². The van der Waals surface area contributed by atoms with Gasteiger partial charge in [0.25, 0.3) is 0 Å². The summed E-state index contributed by atoms with van der Waals surface area (Å²) in [6.45, 7) is 1.22. The Morgan fingerprint density at radius 2 is 2.18 bits per heavy atom. The van der Waals surface area contributed by atoms with Gasteiger partial charge in [0.1, 0.15) is 12.7 Å². The molecule has 114 valence electrons. The monoisotopic (exact) mass is 296 g/mol. The van der Waals surface area contributed by atoms with Crippen LogP contribution in [0.1, 0.15) is 30.4 Å². The molecule has 1 aromatic heterocycles. The van der Waals surface area contributed by atoms with Gasteiger partial charge in [-0.25, -0.2) is 9.67 Å². The van der Waals surface area contributed by atoms with Crippen LogP contribution in [0.5, 0.6) is 0 Å². The maximum Gasteiger partial charge on any atom is 0.220 e. The number of allylic oxidation sites excluding steroid dienone is 2. The third-order valence-corrected chi connectivity index (χ3v) is 3.95. The normalized spacial score (nSPS) is 16.8. The zero-order valence-corrected chi connectivity index (χ0v) is 12.5. The molecule has 1 aromatic carbocycles. The zero-order valence-electron chi connectivity index (χ0n) is 12.5. The van der Waals surface area contributed by atoms with Crippen LogP contribution in [0.15, 0.2) is 49.1 Å². The maximum atomic E-state index is 12.0. The first-order valence-electron chi connectivity index (χ1n) is 7.64. The Labute approximate surface area is 130 Å². The van der Waals surface area contributed by atoms with E-state index in [1.807, 2.05) is 18.2 Å². The summed E-state index contributed by atoms with van der Waals surface area (Å²) >= 11 is 0. The molecular weight excluding hydrogens is 276 g/mol. The zero-order chi connectivity index (χ0) is 15.2. The van der Waals surface area contributed by atoms with E-state index >= 15 is 0 Å². The van der Waals surface area contributed by atoms with Crippen LogP contribution < -0.4 is 5.32 Å². The minimum Gasteiger partial charge on any atom is -0.352 e. The Hall–Kier alpha value is -2.43. The molecule has 0 fully saturated rings. The standard InChI is InChI=1S/C17H20N4O/c22-17(9-14-5-1-2-6-14)19-10-15-7-3-4-8-16(15)11-21-13-18-12-20-21/h1,3-5,7-8,12-14H,2,6,9-11H2,(H,19,22)/t14-/m1/s1. The SMILES string of the molecule is O=C(C[C@@H]1C=CCC1)NCc1ccccc1Cn1cncn1. The number of rotatable bonds is 6. The van der Waals surface area contributed by atoms with E-state index in [9.17, 15) is 4.79 Å². The van der Waals surface area contributed by atoms with E-state index in [-0.39, 0.29) is 5.91 Å². The lowest BCUT2D eigenvalue weighted by Crippen LogP contribution is -2.25. The molecule has 0 spiro atoms. The van der Waals surface area contributed by atoms with Crippen molar-refractivity contribution >= 4 is 5.91 Å². The van der Waals surface area contributed by atoms with Gasteiger partial charge in [-0.15, -0.1) is 0 Å². The second-order valence-corrected chi connectivity index (χ2v) is 5.61. The van der Waals surface area contributed by atoms with Crippen LogP contribution in [0, 0.1) is 5.92 Å². The van der Waals surface area contributed by atoms with Crippen LogP contribution >= 0.6 is 0 Å². The summed E-state index contributed by atoms with van der Waals surface area (Å²) in [6, 6.07) is 8.10. The van der Waals surface area contributed by atoms with Crippen LogP contribution in [-0.4, -0.2) is 20.7 Å². The molecule has 0 unspecified atom stereocenters. The van der Waals surface area contributed by atoms with Crippen molar-refractivity contribution in [2.75, 3.05) is 0 Å². The number of carbonyl (C=O) groups is 1. The molecule has 5 nitrogen and oxygen atoms in total. The first-order chi connectivity index (χ1) is 10.8. The summed E-state index contributed by atoms with van der Waals surface area (Å²) in [4.78, 5) is 16.0. The summed E-state index contributed by atoms with van der Waals surface area (Å²) in [7, 11) is 0. The fraction of sp³-hybridized carbons (Fsp3) is 0.353. The van der Waals surface area contributed by atoms with Gasteiger partial charge in [0.2, 0.25) is 5.91 Å². The Balaban J connectivity index is 1.57. The molecule has 22 heavy (non-hydrogen) atoms. The van der Waals surface area contributed by atoms with E-state index in [0.717, 1.165) is 24.0 Å². The molecule has 1 aliphatic carbocycles. The van der Waals surface area contributed by atoms with Crippen molar-refractivity contribution in [3.63, 3.8) is 0 Å². The quantitative estimate of drug-likeness (QED) is 0.832. The molecule has 2 aromatic rings. The fourth-order valence-electron chi connectivity index (χ4n) is 2.74. The number of nitrogens with zero attached hydrogens (tertiary/aromatic N) is 3. The van der Waals surface area contributed by atoms with Crippen molar-refractivity contribution in [1.29, 1.82) is 0 Å². The summed E-state index contributed by atoms with van der Waals surface area (Å²) in [5.41, 5.74) is 2.27. The van der Waals surface area contributed by atoms with Crippen molar-refractivity contribution in [1.82, 2.24) is 20.1 Å². The lowest BCUT2D eigenvalue weighted by Gasteiger charge is -2.12. The second kappa shape index (κ2) is 7.02. The molecule has 0 bridgehead atoms. The average molecular weight is 296 g/mol. The smallest absolute Gasteiger partial charge is 0.220 e. The molecular formula is C17H20N4O. The van der Waals surface area contributed by atoms with E-state index in [0.29, 0.717) is 25.4 Å². The summed E-state index contributed by atoms with van der Waals surface area (Å²) in [5, 5.41) is 7.15. The summed E-state index contributed by atoms with van der Waals surface area (Å²) in [6.07, 6.45) is 10.3. The predicted octanol–water partition coefficient (Wildman–Crippen LogP) is 2.30. The lowest BCUT2D eigenvalue weighted by molar-refractivity contribution is -0.121. The van der Waals surface area contributed by atoms with Crippen molar-refractivity contribution in [2.45, 2.75) is 32.4 Å². The van der Waals surface area contributed by atoms with E-state index < -0.39 is 0 Å². The molecule has 0 saturated heterocycles. The van der Waals surface area contributed by atoms with Gasteiger partial charge >= 0.3 is 0 Å². The van der Waals surface area contributed by atoms with Crippen LogP contribution in [0.3, 0.4) is 0 Å². The van der Waals surface area contributed by atoms with E-state index in [4.69, 9.17) is 0 Å². The van der Waals surface area contributed by atoms with Gasteiger partial charge in [-0.1, -0.05) is 36.4 Å². The highest BCUT2D eigenvalue weighted by atomic mass is 16.1. The molecule has 0 radical (unpaired) electrons. The number of benzene rings is 1. The molecule has 1 heterocycles. The number of hydrogen-bond donors (Lipinski definition) is 1. The average Bonchev–Trinajstić information content (AvgIpc) is 3.20. The van der Waals surface area contributed by atoms with Gasteiger partial charge in [-0.2, -0.15) is 5.10 Å². The lowest BCUT2D eigenvalue weighted by atomic mass is 10.0. The highest BCUT2D eigenvalue weighted by Gasteiger charge is 2.14. The van der Waals surface area contributed by atoms with E-state index in [1.54, 1.807) is 11.0 Å². The molecule has 1 amide bonds. The van der Waals surface area contributed by atoms with Crippen molar-refractivity contribution < 1.29 is 4.79 Å². The van der Waals surface area contributed by atoms with Gasteiger partial charge in [-0.05, 0) is 29.9 Å². The van der Waals surface area contributed by atoms with Crippen molar-refractivity contribution in [3.05, 3.63) is 60.2 Å². The molecule has 1 atom stereocenters. The van der Waals surface area contributed by atoms with Gasteiger partial charge in [0, 0.05) is 13.0 Å². The molecule has 0 aliphatic heterocycles. The summed E-state index contributed by atoms with van der Waals surface area (Å²) < 4.78 is 1.78. The maximum absolute atomic E-state index is 12.0.